The number of pyridine rings is 2. The second kappa shape index (κ2) is 18.4. The first-order valence-electron chi connectivity index (χ1n) is 17.9. The molecule has 0 aliphatic heterocycles. The predicted octanol–water partition coefficient (Wildman–Crippen LogP) is 7.05. The molecular weight excluding hydrogens is 775 g/mol. The van der Waals surface area contributed by atoms with E-state index in [0.717, 1.165) is 28.0 Å². The molecule has 19 heteroatoms. The first-order valence-corrected chi connectivity index (χ1v) is 20.4. The maximum Gasteiger partial charge on any atom is 0.281 e. The third-order valence-corrected chi connectivity index (χ3v) is 11.5. The minimum absolute atomic E-state index is 0.0287. The molecule has 0 radical (unpaired) electrons. The molecule has 2 unspecified atom stereocenters. The molecule has 0 aliphatic carbocycles. The van der Waals surface area contributed by atoms with Gasteiger partial charge in [-0.15, -0.1) is 10.2 Å². The Bertz CT molecular complexity index is 2620. The lowest BCUT2D eigenvalue weighted by Gasteiger charge is -2.19. The molecule has 0 aliphatic rings. The average molecular weight is 817 g/mol. The molecule has 3 N–H and O–H groups in total. The van der Waals surface area contributed by atoms with Crippen LogP contribution in [0.15, 0.2) is 76.2 Å². The number of nitriles is 2. The molecule has 2 aromatic heterocycles. The third kappa shape index (κ3) is 9.41. The van der Waals surface area contributed by atoms with E-state index in [-0.39, 0.29) is 79.0 Å². The second-order valence-electron chi connectivity index (χ2n) is 13.5. The van der Waals surface area contributed by atoms with Gasteiger partial charge in [0, 0.05) is 40.7 Å². The van der Waals surface area contributed by atoms with E-state index in [0.29, 0.717) is 12.3 Å². The van der Waals surface area contributed by atoms with Crippen molar-refractivity contribution >= 4 is 43.9 Å². The van der Waals surface area contributed by atoms with Crippen molar-refractivity contribution in [3.05, 3.63) is 79.4 Å². The first kappa shape index (κ1) is 43.9. The number of benzene rings is 2. The molecule has 2 aromatic carbocycles. The molecule has 300 valence electrons. The summed E-state index contributed by atoms with van der Waals surface area (Å²) in [7, 11) is -4.38. The minimum atomic E-state index is -4.38. The van der Waals surface area contributed by atoms with Crippen molar-refractivity contribution in [1.82, 2.24) is 13.9 Å². The fraction of sp³-hybridized carbons (Fsp3) is 0.368. The van der Waals surface area contributed by atoms with Crippen LogP contribution in [0.1, 0.15) is 76.1 Å². The number of hydrogen-bond donors (Lipinski definition) is 3. The van der Waals surface area contributed by atoms with Gasteiger partial charge in [-0.3, -0.25) is 22.9 Å². The average Bonchev–Trinajstić information content (AvgIpc) is 3.15. The number of sulfonamides is 1. The lowest BCUT2D eigenvalue weighted by atomic mass is 10.0. The summed E-state index contributed by atoms with van der Waals surface area (Å²) in [5.41, 5.74) is -2.28. The quantitative estimate of drug-likeness (QED) is 0.0812. The van der Waals surface area contributed by atoms with Gasteiger partial charge in [-0.05, 0) is 87.9 Å². The zero-order chi connectivity index (χ0) is 42.4. The zero-order valence-electron chi connectivity index (χ0n) is 32.4. The Morgan fingerprint density at radius 1 is 0.807 bits per heavy atom. The van der Waals surface area contributed by atoms with E-state index in [9.17, 15) is 47.5 Å². The standard InChI is InChI=1S/C38H43N9O8S2/c1-8-46-35(48)29(19-39)23(6)33(37(46)50)43-41-25-13-15-27(31(17-25)56(52)53)28-16-14-26(18-32(28)57(54,55)45-22(5)12-10-11-21(3)4)42-44-34-24(7)30(20-40)36(49)47(9-2)38(34)51/h13-18,21-22,45,48-49H,8-12H2,1-7H3,(H,52,53)/p-1. The van der Waals surface area contributed by atoms with E-state index in [4.69, 9.17) is 0 Å². The SMILES string of the molecule is CCn1c(O)c(C#N)c(C)c(N=Nc2ccc(-c3ccc(N=Nc4c(C)c(C#N)c(O)n(CC)c4=O)cc3S(=O)(=O)NC(C)CCCC(C)C)c(S(=O)[O-])c2)c1=O. The molecule has 57 heavy (non-hydrogen) atoms. The van der Waals surface area contributed by atoms with Crippen molar-refractivity contribution in [2.45, 2.75) is 96.7 Å². The molecular formula is C38H42N9O8S2-. The summed E-state index contributed by atoms with van der Waals surface area (Å²) in [6, 6.07) is 10.9. The molecule has 0 fully saturated rings. The topological polar surface area (TPSA) is 268 Å². The zero-order valence-corrected chi connectivity index (χ0v) is 34.0. The van der Waals surface area contributed by atoms with Crippen LogP contribution in [0, 0.1) is 42.4 Å². The number of aromatic hydroxyl groups is 2. The van der Waals surface area contributed by atoms with E-state index in [2.05, 4.69) is 39.0 Å². The van der Waals surface area contributed by atoms with Gasteiger partial charge in [0.15, 0.2) is 11.4 Å². The van der Waals surface area contributed by atoms with E-state index >= 15 is 0 Å². The van der Waals surface area contributed by atoms with E-state index in [1.807, 2.05) is 12.1 Å². The van der Waals surface area contributed by atoms with Crippen LogP contribution in [-0.2, 0) is 34.2 Å². The van der Waals surface area contributed by atoms with E-state index in [1.165, 1.54) is 44.2 Å². The molecule has 0 saturated heterocycles. The van der Waals surface area contributed by atoms with Gasteiger partial charge in [0.05, 0.1) is 16.3 Å². The molecule has 0 saturated carbocycles. The van der Waals surface area contributed by atoms with Gasteiger partial charge in [0.1, 0.15) is 23.3 Å². The number of hydrogen-bond acceptors (Lipinski definition) is 14. The van der Waals surface area contributed by atoms with Crippen LogP contribution >= 0.6 is 0 Å². The van der Waals surface area contributed by atoms with Crippen LogP contribution < -0.4 is 15.8 Å². The van der Waals surface area contributed by atoms with Crippen molar-refractivity contribution in [2.75, 3.05) is 0 Å². The molecule has 4 rings (SSSR count). The first-order chi connectivity index (χ1) is 26.9. The van der Waals surface area contributed by atoms with Crippen LogP contribution in [-0.4, -0.2) is 42.6 Å². The van der Waals surface area contributed by atoms with Crippen molar-refractivity contribution in [2.24, 2.45) is 26.4 Å². The van der Waals surface area contributed by atoms with Crippen molar-refractivity contribution in [1.29, 1.82) is 10.5 Å². The fourth-order valence-corrected chi connectivity index (χ4v) is 8.18. The maximum atomic E-state index is 14.1. The van der Waals surface area contributed by atoms with Crippen LogP contribution in [0.25, 0.3) is 11.1 Å². The number of aromatic nitrogens is 2. The van der Waals surface area contributed by atoms with Gasteiger partial charge in [0.2, 0.25) is 21.8 Å². The molecule has 0 amide bonds. The number of nitrogens with zero attached hydrogens (tertiary/aromatic N) is 8. The largest absolute Gasteiger partial charge is 0.768 e. The van der Waals surface area contributed by atoms with Gasteiger partial charge in [0.25, 0.3) is 11.1 Å². The second-order valence-corrected chi connectivity index (χ2v) is 16.1. The monoisotopic (exact) mass is 816 g/mol. The highest BCUT2D eigenvalue weighted by Crippen LogP contribution is 2.37. The van der Waals surface area contributed by atoms with Crippen molar-refractivity contribution in [3.63, 3.8) is 0 Å². The lowest BCUT2D eigenvalue weighted by molar-refractivity contribution is 0.408. The maximum absolute atomic E-state index is 14.1. The minimum Gasteiger partial charge on any atom is -0.768 e. The number of rotatable bonds is 15. The van der Waals surface area contributed by atoms with Crippen LogP contribution in [0.4, 0.5) is 22.7 Å². The normalized spacial score (nSPS) is 13.0. The molecule has 0 bridgehead atoms. The third-order valence-electron chi connectivity index (χ3n) is 9.17. The predicted molar refractivity (Wildman–Crippen MR) is 211 cm³/mol. The summed E-state index contributed by atoms with van der Waals surface area (Å²) >= 11 is -2.96. The Balaban J connectivity index is 1.89. The highest BCUT2D eigenvalue weighted by atomic mass is 32.2. The molecule has 4 aromatic rings. The van der Waals surface area contributed by atoms with Gasteiger partial charge in [-0.2, -0.15) is 20.8 Å². The Morgan fingerprint density at radius 2 is 1.28 bits per heavy atom. The number of nitrogens with one attached hydrogen (secondary N) is 1. The Labute approximate surface area is 332 Å². The highest BCUT2D eigenvalue weighted by molar-refractivity contribution is 7.89. The van der Waals surface area contributed by atoms with E-state index in [1.54, 1.807) is 20.8 Å². The van der Waals surface area contributed by atoms with E-state index < -0.39 is 50.0 Å². The summed E-state index contributed by atoms with van der Waals surface area (Å²) < 4.78 is 58.2. The smallest absolute Gasteiger partial charge is 0.281 e. The Hall–Kier alpha value is -5.86. The molecule has 0 spiro atoms. The summed E-state index contributed by atoms with van der Waals surface area (Å²) in [5.74, 6) is -0.624. The molecule has 2 atom stereocenters. The Morgan fingerprint density at radius 3 is 1.72 bits per heavy atom. The van der Waals surface area contributed by atoms with Gasteiger partial charge < -0.3 is 14.8 Å². The van der Waals surface area contributed by atoms with Crippen LogP contribution in [0.5, 0.6) is 11.8 Å². The summed E-state index contributed by atoms with van der Waals surface area (Å²) in [6.45, 7) is 11.9. The summed E-state index contributed by atoms with van der Waals surface area (Å²) in [6.07, 6.45) is 2.14. The van der Waals surface area contributed by atoms with Crippen molar-refractivity contribution < 1.29 is 27.4 Å². The van der Waals surface area contributed by atoms with Gasteiger partial charge in [-0.25, -0.2) is 13.1 Å². The number of azo groups is 2. The summed E-state index contributed by atoms with van der Waals surface area (Å²) in [4.78, 5) is 25.4. The Kier molecular flexibility index (Phi) is 14.2. The van der Waals surface area contributed by atoms with Crippen molar-refractivity contribution in [3.8, 4) is 35.0 Å². The van der Waals surface area contributed by atoms with Crippen LogP contribution in [0.3, 0.4) is 0 Å². The summed E-state index contributed by atoms with van der Waals surface area (Å²) in [5, 5.41) is 56.2. The molecule has 17 nitrogen and oxygen atoms in total. The lowest BCUT2D eigenvalue weighted by Crippen LogP contribution is -2.33. The molecule has 2 heterocycles. The van der Waals surface area contributed by atoms with Gasteiger partial charge in [-0.1, -0.05) is 38.8 Å². The van der Waals surface area contributed by atoms with Gasteiger partial charge >= 0.3 is 0 Å². The highest BCUT2D eigenvalue weighted by Gasteiger charge is 2.25. The van der Waals surface area contributed by atoms with Crippen LogP contribution in [0.2, 0.25) is 0 Å². The fourth-order valence-electron chi connectivity index (χ4n) is 6.09.